The molecule has 147 heavy (non-hydrogen) atoms. The van der Waals surface area contributed by atoms with Gasteiger partial charge in [-0.3, -0.25) is 19.2 Å². The highest BCUT2D eigenvalue weighted by Crippen LogP contribution is 2.43. The molecule has 0 amide bonds. The number of aliphatic hydroxyl groups is 6. The summed E-state index contributed by atoms with van der Waals surface area (Å²) in [6, 6.07) is 0. The van der Waals surface area contributed by atoms with Gasteiger partial charge in [-0.25, -0.2) is 0 Å². The molecule has 0 aliphatic heterocycles. The van der Waals surface area contributed by atoms with Gasteiger partial charge in [0.1, 0.15) is 18.3 Å². The Morgan fingerprint density at radius 1 is 0.306 bits per heavy atom. The second kappa shape index (κ2) is 80.0. The normalized spacial score (nSPS) is 15.5. The zero-order chi connectivity index (χ0) is 114. The van der Waals surface area contributed by atoms with E-state index in [4.69, 9.17) is 42.5 Å². The number of carbonyl (C=O) groups is 4. The number of terminal acetylenes is 1. The van der Waals surface area contributed by atoms with Crippen LogP contribution < -0.4 is 0 Å². The van der Waals surface area contributed by atoms with Crippen molar-refractivity contribution in [2.75, 3.05) is 28.4 Å². The number of hydrogen-bond acceptors (Lipinski definition) is 20. The maximum absolute atomic E-state index is 11.6. The first-order valence-corrected chi connectivity index (χ1v) is 71.0. The lowest BCUT2D eigenvalue weighted by Gasteiger charge is -2.38. The molecule has 12 atom stereocenters. The van der Waals surface area contributed by atoms with E-state index < -0.39 is 86.5 Å². The number of allylic oxidation sites excluding steroid dienone is 17. The Labute approximate surface area is 915 Å². The van der Waals surface area contributed by atoms with Crippen LogP contribution in [0.4, 0.5) is 0 Å². The SMILES string of the molecule is C#CC[C@@H](/C=C/C=C/C#C[C@H](CCCC(=O)OC)O[Si](C)(C)C(C)(C)C)O[Si](C)(C)C(C)(C)C.CC[C@@H](/C=C/C#CC[C@@H](/C=C/C=C/C#C[C@H](CCCC(=O)OC)O[Si](C)(C)C(C)(C)C)O[Si](C)(C)C(C)(C)C)O[Si](C)(C)C(C)(C)C.CC[C@@H](O)/C=C/C#CC[C@@H](O)/C=C/C=C/C#C[C@@H](O)CCCC(=O)OC.CC[C@@H](O)/C=C/C=C\C[C@@H](O)/C=C/C=C/C=C\[C@@H](O)CCCC(=O)OC.CC[C@H](/C=C/I)O[Si](C)(C)C(C)(C)C. The molecule has 27 heteroatoms. The molecule has 0 saturated heterocycles. The Morgan fingerprint density at radius 2 is 0.605 bits per heavy atom. The summed E-state index contributed by atoms with van der Waals surface area (Å²) in [7, 11) is -5.82. The number of esters is 4. The van der Waals surface area contributed by atoms with Crippen LogP contribution in [0.15, 0.2) is 168 Å². The highest BCUT2D eigenvalue weighted by molar-refractivity contribution is 14.1. The fraction of sp³-hybridized carbons (Fsp3) is 0.633. The van der Waals surface area contributed by atoms with Crippen LogP contribution >= 0.6 is 22.6 Å². The molecule has 0 unspecified atom stereocenters. The van der Waals surface area contributed by atoms with Crippen molar-refractivity contribution in [1.82, 2.24) is 0 Å². The van der Waals surface area contributed by atoms with Gasteiger partial charge < -0.3 is 76.1 Å². The van der Waals surface area contributed by atoms with E-state index in [1.165, 1.54) is 28.4 Å². The molecule has 832 valence electrons. The minimum Gasteiger partial charge on any atom is -0.469 e. The lowest BCUT2D eigenvalue weighted by atomic mass is 10.1. The summed E-state index contributed by atoms with van der Waals surface area (Å²) in [5.74, 6) is 32.0. The Hall–Kier alpha value is -6.85. The van der Waals surface area contributed by atoms with Gasteiger partial charge in [-0.1, -0.05) is 356 Å². The van der Waals surface area contributed by atoms with Crippen molar-refractivity contribution in [3.05, 3.63) is 168 Å². The van der Waals surface area contributed by atoms with Gasteiger partial charge in [-0.2, -0.15) is 0 Å². The molecule has 0 fully saturated rings. The van der Waals surface area contributed by atoms with Gasteiger partial charge in [0.05, 0.1) is 83.4 Å². The van der Waals surface area contributed by atoms with Crippen LogP contribution in [0, 0.1) is 71.5 Å². The smallest absolute Gasteiger partial charge is 0.305 e. The number of halogens is 1. The van der Waals surface area contributed by atoms with E-state index in [0.717, 1.165) is 12.8 Å². The van der Waals surface area contributed by atoms with E-state index >= 15 is 0 Å². The predicted molar refractivity (Wildman–Crippen MR) is 641 cm³/mol. The molecular formula is C120H201IO20Si6. The second-order valence-corrected chi connectivity index (χ2v) is 74.3. The van der Waals surface area contributed by atoms with E-state index in [1.54, 1.807) is 91.1 Å². The van der Waals surface area contributed by atoms with E-state index in [0.29, 0.717) is 120 Å². The van der Waals surface area contributed by atoms with Gasteiger partial charge in [-0.15, -0.1) is 12.3 Å². The van der Waals surface area contributed by atoms with E-state index in [1.807, 2.05) is 68.5 Å². The van der Waals surface area contributed by atoms with Crippen LogP contribution in [0.3, 0.4) is 0 Å². The first-order valence-electron chi connectivity index (χ1n) is 52.3. The molecule has 0 aliphatic carbocycles. The van der Waals surface area contributed by atoms with Crippen LogP contribution in [0.1, 0.15) is 281 Å². The maximum Gasteiger partial charge on any atom is 0.305 e. The molecule has 0 saturated carbocycles. The largest absolute Gasteiger partial charge is 0.469 e. The van der Waals surface area contributed by atoms with E-state index in [-0.39, 0.29) is 86.0 Å². The molecule has 0 radical (unpaired) electrons. The number of rotatable bonds is 52. The third-order valence-corrected chi connectivity index (χ3v) is 53.7. The molecule has 0 spiro atoms. The zero-order valence-corrected chi connectivity index (χ0v) is 106. The van der Waals surface area contributed by atoms with Crippen molar-refractivity contribution >= 4 is 96.4 Å². The van der Waals surface area contributed by atoms with Gasteiger partial charge >= 0.3 is 23.9 Å². The molecule has 0 aromatic heterocycles. The average molecular weight is 2260 g/mol. The Morgan fingerprint density at radius 3 is 0.973 bits per heavy atom. The summed E-state index contributed by atoms with van der Waals surface area (Å²) in [5, 5.41) is 58.3. The van der Waals surface area contributed by atoms with Crippen molar-refractivity contribution in [2.24, 2.45) is 0 Å². The summed E-state index contributed by atoms with van der Waals surface area (Å²) >= 11 is 2.25. The quantitative estimate of drug-likeness (QED) is 0.00824. The highest BCUT2D eigenvalue weighted by atomic mass is 127. The second-order valence-electron chi connectivity index (χ2n) is 45.1. The molecule has 20 nitrogen and oxygen atoms in total. The molecule has 0 aromatic carbocycles. The number of ether oxygens (including phenoxy) is 4. The summed E-state index contributed by atoms with van der Waals surface area (Å²) in [6.07, 6.45) is 61.9. The van der Waals surface area contributed by atoms with Gasteiger partial charge in [0, 0.05) is 44.9 Å². The zero-order valence-electron chi connectivity index (χ0n) is 98.1. The van der Waals surface area contributed by atoms with Gasteiger partial charge in [0.2, 0.25) is 0 Å². The monoisotopic (exact) mass is 2260 g/mol. The van der Waals surface area contributed by atoms with Gasteiger partial charge in [0.15, 0.2) is 49.9 Å². The minimum absolute atomic E-state index is 0.0713. The van der Waals surface area contributed by atoms with Crippen molar-refractivity contribution in [1.29, 1.82) is 0 Å². The highest BCUT2D eigenvalue weighted by Gasteiger charge is 2.44. The van der Waals surface area contributed by atoms with Crippen LogP contribution in [-0.4, -0.2) is 206 Å². The number of methoxy groups -OCH3 is 4. The fourth-order valence-electron chi connectivity index (χ4n) is 10.4. The van der Waals surface area contributed by atoms with Gasteiger partial charge in [-0.05, 0) is 239 Å². The van der Waals surface area contributed by atoms with Crippen LogP contribution in [0.2, 0.25) is 109 Å². The first kappa shape index (κ1) is 149. The van der Waals surface area contributed by atoms with Crippen molar-refractivity contribution in [2.45, 2.75) is 463 Å². The summed E-state index contributed by atoms with van der Waals surface area (Å²) in [5.41, 5.74) is 0. The lowest BCUT2D eigenvalue weighted by molar-refractivity contribution is -0.141. The van der Waals surface area contributed by atoms with Gasteiger partial charge in [0.25, 0.3) is 0 Å². The molecule has 0 aromatic rings. The Kier molecular flexibility index (Phi) is 80.9. The van der Waals surface area contributed by atoms with Crippen molar-refractivity contribution in [3.8, 4) is 71.5 Å². The summed E-state index contributed by atoms with van der Waals surface area (Å²) < 4.78 is 59.7. The third kappa shape index (κ3) is 78.0. The van der Waals surface area contributed by atoms with Crippen LogP contribution in [0.5, 0.6) is 0 Å². The van der Waals surface area contributed by atoms with Crippen LogP contribution in [0.25, 0.3) is 0 Å². The topological polar surface area (TPSA) is 282 Å². The molecule has 0 bridgehead atoms. The van der Waals surface area contributed by atoms with Crippen molar-refractivity contribution in [3.63, 3.8) is 0 Å². The van der Waals surface area contributed by atoms with Crippen molar-refractivity contribution < 1.29 is 95.3 Å². The molecular weight excluding hydrogens is 2060 g/mol. The number of carbonyl (C=O) groups excluding carboxylic acids is 4. The average Bonchev–Trinajstić information content (AvgIpc) is 0.843. The summed E-state index contributed by atoms with van der Waals surface area (Å²) in [6.45, 7) is 75.6. The number of hydrogen-bond donors (Lipinski definition) is 6. The predicted octanol–water partition coefficient (Wildman–Crippen LogP) is 27.8. The molecule has 0 aliphatic rings. The summed E-state index contributed by atoms with van der Waals surface area (Å²) in [4.78, 5) is 45.0. The molecule has 0 heterocycles. The minimum atomic E-state index is -2.02. The first-order chi connectivity index (χ1) is 68.0. The molecule has 0 rings (SSSR count). The van der Waals surface area contributed by atoms with E-state index in [9.17, 15) is 49.8 Å². The standard InChI is InChI=1S/C39H70O5Si3.C28H48O4Si2.C21H32O5.C21H28O5.C11H23IOSi/c1-18-33(42-45(12,13)37(2,3)4)27-24-21-25-30-34(43-46(14,15)38(5,6)7)28-22-19-20-23-29-35(31-26-32-36(40)41-11)44-47(16,17)39(8,9)10;1-13-19-24(31-33(9,10)27(2,3)4)20-16-14-15-17-21-25(22-18-23-26(29)30-8)32-34(11,12)28(5,6)7;2*1-3-18(22)12-9-6-10-15-19(23)13-7-4-5-8-14-20(24)16-11-17-21(25)26-2;1-7-10(8-9-12)13-14(5,6)11(2,3)4/h19-20,22,24,27-28,33-35H,18,26,30-32H2,1-17H3;1,14-16,20,24-25H,18-19,22-23H2,2-12H3;4-10,12-14,18-20,22-24H,3,11,15-17H2,1-2H3;4-5,7,9,12-13,18-20,22-24H,3,11,15-17H2,1-2H3;8-10H,7H2,1-6H3/b20-19+,27-24+,28-22+;15-14+,20-16+;5-4+,10-6-,12-9+,13-7+,14-8-;5-4+,12-9+,13-7+;9-8+/t33-,34+,35+;24-,25+;2*18-,19+,20-;10-/m00111/s1. The fourth-order valence-corrected chi connectivity index (χ4v) is 18.6. The Balaban J connectivity index is -0.000000598. The number of aliphatic hydroxyl groups excluding tert-OH is 6. The van der Waals surface area contributed by atoms with E-state index in [2.05, 4.69) is 337 Å². The van der Waals surface area contributed by atoms with Crippen LogP contribution in [-0.2, 0) is 64.7 Å². The third-order valence-electron chi connectivity index (χ3n) is 26.3. The molecule has 6 N–H and O–H groups in total. The lowest BCUT2D eigenvalue weighted by Crippen LogP contribution is -2.43. The maximum atomic E-state index is 11.6. The Bertz CT molecular complexity index is 4500.